The number of alkyl halides is 2. The van der Waals surface area contributed by atoms with Crippen molar-refractivity contribution in [1.29, 1.82) is 0 Å². The highest BCUT2D eigenvalue weighted by Crippen LogP contribution is 2.40. The number of benzene rings is 2. The normalized spacial score (nSPS) is 16.5. The van der Waals surface area contributed by atoms with Crippen LogP contribution in [0.25, 0.3) is 11.0 Å². The summed E-state index contributed by atoms with van der Waals surface area (Å²) in [4.78, 5) is 21.9. The minimum absolute atomic E-state index is 0.0527. The number of ether oxygens (including phenoxy) is 1. The van der Waals surface area contributed by atoms with E-state index in [4.69, 9.17) is 4.74 Å². The van der Waals surface area contributed by atoms with Crippen molar-refractivity contribution in [2.45, 2.75) is 38.7 Å². The summed E-state index contributed by atoms with van der Waals surface area (Å²) < 4.78 is 30.0. The van der Waals surface area contributed by atoms with Gasteiger partial charge in [0, 0.05) is 18.2 Å². The predicted molar refractivity (Wildman–Crippen MR) is 112 cm³/mol. The van der Waals surface area contributed by atoms with Crippen LogP contribution in [0.4, 0.5) is 14.5 Å². The first-order chi connectivity index (χ1) is 14.6. The van der Waals surface area contributed by atoms with Crippen molar-refractivity contribution in [3.05, 3.63) is 66.0 Å². The van der Waals surface area contributed by atoms with E-state index in [1.54, 1.807) is 17.3 Å². The average Bonchev–Trinajstić information content (AvgIpc) is 3.34. The summed E-state index contributed by atoms with van der Waals surface area (Å²) in [5, 5.41) is 0. The first-order valence-electron chi connectivity index (χ1n) is 10.0. The Labute approximate surface area is 173 Å². The third kappa shape index (κ3) is 4.06. The topological polar surface area (TPSA) is 58.2 Å². The van der Waals surface area contributed by atoms with Gasteiger partial charge in [-0.05, 0) is 54.3 Å². The Hall–Kier alpha value is -3.22. The summed E-state index contributed by atoms with van der Waals surface area (Å²) in [5.74, 6) is 0.577. The van der Waals surface area contributed by atoms with E-state index in [0.29, 0.717) is 12.2 Å². The van der Waals surface area contributed by atoms with Crippen LogP contribution >= 0.6 is 0 Å². The number of nitrogens with zero attached hydrogens (tertiary/aromatic N) is 2. The third-order valence-electron chi connectivity index (χ3n) is 5.28. The third-order valence-corrected chi connectivity index (χ3v) is 5.28. The molecule has 1 unspecified atom stereocenters. The molecule has 0 saturated heterocycles. The van der Waals surface area contributed by atoms with Crippen molar-refractivity contribution in [3.8, 4) is 5.75 Å². The number of halogens is 2. The van der Waals surface area contributed by atoms with E-state index in [2.05, 4.69) is 9.97 Å². The van der Waals surface area contributed by atoms with Gasteiger partial charge in [0.15, 0.2) is 0 Å². The van der Waals surface area contributed by atoms with E-state index < -0.39 is 6.43 Å². The van der Waals surface area contributed by atoms with Crippen molar-refractivity contribution in [1.82, 2.24) is 9.97 Å². The molecule has 1 aliphatic rings. The van der Waals surface area contributed by atoms with Gasteiger partial charge in [0.2, 0.25) is 6.43 Å². The standard InChI is InChI=1S/C23H23F2N3O2/c1-2-15-12-22(29)28(17-7-10-19-20(13-17)27-14-26-19)23(15)16-5-8-18(9-6-16)30-11-3-4-21(24)25/h5-10,12-14,21,23H,2-4,11H2,1H3,(H,26,27). The number of carbonyl (C=O) groups excluding carboxylic acids is 1. The van der Waals surface area contributed by atoms with E-state index >= 15 is 0 Å². The van der Waals surface area contributed by atoms with Gasteiger partial charge in [-0.2, -0.15) is 0 Å². The molecule has 3 aromatic rings. The number of rotatable bonds is 8. The molecule has 0 aliphatic carbocycles. The molecule has 1 N–H and O–H groups in total. The van der Waals surface area contributed by atoms with Crippen LogP contribution in [-0.4, -0.2) is 28.9 Å². The van der Waals surface area contributed by atoms with Crippen molar-refractivity contribution < 1.29 is 18.3 Å². The summed E-state index contributed by atoms with van der Waals surface area (Å²) in [5.41, 5.74) is 4.53. The van der Waals surface area contributed by atoms with Crippen LogP contribution in [0.3, 0.4) is 0 Å². The zero-order valence-corrected chi connectivity index (χ0v) is 16.6. The van der Waals surface area contributed by atoms with E-state index in [1.165, 1.54) is 0 Å². The first-order valence-corrected chi connectivity index (χ1v) is 10.0. The van der Waals surface area contributed by atoms with E-state index in [-0.39, 0.29) is 25.0 Å². The average molecular weight is 411 g/mol. The number of H-pyrrole nitrogens is 1. The molecule has 1 aliphatic heterocycles. The molecule has 30 heavy (non-hydrogen) atoms. The summed E-state index contributed by atoms with van der Waals surface area (Å²) in [6.45, 7) is 2.29. The largest absolute Gasteiger partial charge is 0.494 e. The van der Waals surface area contributed by atoms with E-state index in [9.17, 15) is 13.6 Å². The Morgan fingerprint density at radius 2 is 2.00 bits per heavy atom. The molecule has 2 aromatic carbocycles. The number of nitrogens with one attached hydrogen (secondary N) is 1. The molecule has 1 amide bonds. The molecule has 0 fully saturated rings. The molecule has 1 aromatic heterocycles. The lowest BCUT2D eigenvalue weighted by atomic mass is 9.97. The van der Waals surface area contributed by atoms with Gasteiger partial charge < -0.3 is 9.72 Å². The highest BCUT2D eigenvalue weighted by molar-refractivity contribution is 6.06. The van der Waals surface area contributed by atoms with Crippen LogP contribution in [0.15, 0.2) is 60.4 Å². The number of carbonyl (C=O) groups is 1. The maximum atomic E-state index is 12.8. The smallest absolute Gasteiger partial charge is 0.251 e. The van der Waals surface area contributed by atoms with Crippen LogP contribution in [0.2, 0.25) is 0 Å². The summed E-state index contributed by atoms with van der Waals surface area (Å²) in [6, 6.07) is 13.0. The van der Waals surface area contributed by atoms with Crippen molar-refractivity contribution in [2.75, 3.05) is 11.5 Å². The van der Waals surface area contributed by atoms with Crippen molar-refractivity contribution >= 4 is 22.6 Å². The Morgan fingerprint density at radius 1 is 1.20 bits per heavy atom. The Bertz CT molecular complexity index is 1060. The van der Waals surface area contributed by atoms with Crippen molar-refractivity contribution in [3.63, 3.8) is 0 Å². The number of anilines is 1. The molecule has 0 saturated carbocycles. The monoisotopic (exact) mass is 411 g/mol. The molecule has 0 bridgehead atoms. The van der Waals surface area contributed by atoms with Gasteiger partial charge in [-0.15, -0.1) is 0 Å². The van der Waals surface area contributed by atoms with Crippen molar-refractivity contribution in [2.24, 2.45) is 0 Å². The second-order valence-corrected chi connectivity index (χ2v) is 7.24. The highest BCUT2D eigenvalue weighted by atomic mass is 19.3. The molecule has 7 heteroatoms. The number of imidazole rings is 1. The lowest BCUT2D eigenvalue weighted by molar-refractivity contribution is -0.113. The highest BCUT2D eigenvalue weighted by Gasteiger charge is 2.34. The minimum atomic E-state index is -2.30. The molecular formula is C23H23F2N3O2. The zero-order valence-electron chi connectivity index (χ0n) is 16.6. The summed E-state index contributed by atoms with van der Waals surface area (Å²) >= 11 is 0. The van der Waals surface area contributed by atoms with E-state index in [0.717, 1.165) is 34.3 Å². The fourth-order valence-electron chi connectivity index (χ4n) is 3.78. The maximum absolute atomic E-state index is 12.8. The fraction of sp³-hybridized carbons (Fsp3) is 0.304. The predicted octanol–water partition coefficient (Wildman–Crippen LogP) is 5.41. The van der Waals surface area contributed by atoms with Crippen LogP contribution in [-0.2, 0) is 4.79 Å². The minimum Gasteiger partial charge on any atom is -0.494 e. The molecule has 5 nitrogen and oxygen atoms in total. The number of hydrogen-bond acceptors (Lipinski definition) is 3. The van der Waals surface area contributed by atoms with Gasteiger partial charge >= 0.3 is 0 Å². The number of fused-ring (bicyclic) bond motifs is 1. The second-order valence-electron chi connectivity index (χ2n) is 7.24. The summed E-state index contributed by atoms with van der Waals surface area (Å²) in [7, 11) is 0. The Balaban J connectivity index is 1.56. The Kier molecular flexibility index (Phi) is 5.79. The van der Waals surface area contributed by atoms with Crippen LogP contribution in [0, 0.1) is 0 Å². The molecule has 2 heterocycles. The maximum Gasteiger partial charge on any atom is 0.251 e. The molecule has 156 valence electrons. The fourth-order valence-corrected chi connectivity index (χ4v) is 3.78. The van der Waals surface area contributed by atoms with Crippen LogP contribution in [0.5, 0.6) is 5.75 Å². The molecular weight excluding hydrogens is 388 g/mol. The zero-order chi connectivity index (χ0) is 21.1. The van der Waals surface area contributed by atoms with Gasteiger partial charge in [0.05, 0.1) is 30.0 Å². The van der Waals surface area contributed by atoms with Gasteiger partial charge in [0.25, 0.3) is 5.91 Å². The first kappa shape index (κ1) is 20.1. The molecule has 0 radical (unpaired) electrons. The Morgan fingerprint density at radius 3 is 2.73 bits per heavy atom. The molecule has 0 spiro atoms. The van der Waals surface area contributed by atoms with Gasteiger partial charge in [-0.25, -0.2) is 13.8 Å². The second kappa shape index (κ2) is 8.65. The number of aromatic nitrogens is 2. The molecule has 4 rings (SSSR count). The van der Waals surface area contributed by atoms with Gasteiger partial charge in [-0.3, -0.25) is 9.69 Å². The number of aromatic amines is 1. The van der Waals surface area contributed by atoms with Gasteiger partial charge in [0.1, 0.15) is 5.75 Å². The number of amides is 1. The summed E-state index contributed by atoms with van der Waals surface area (Å²) in [6.07, 6.45) is 1.93. The van der Waals surface area contributed by atoms with Crippen LogP contribution < -0.4 is 9.64 Å². The SMILES string of the molecule is CCC1=CC(=O)N(c2ccc3nc[nH]c3c2)C1c1ccc(OCCCC(F)F)cc1. The number of hydrogen-bond donors (Lipinski definition) is 1. The van der Waals surface area contributed by atoms with Gasteiger partial charge in [-0.1, -0.05) is 19.1 Å². The lowest BCUT2D eigenvalue weighted by Crippen LogP contribution is -2.29. The van der Waals surface area contributed by atoms with Crippen LogP contribution in [0.1, 0.15) is 37.8 Å². The van der Waals surface area contributed by atoms with E-state index in [1.807, 2.05) is 49.4 Å². The molecule has 1 atom stereocenters. The quantitative estimate of drug-likeness (QED) is 0.504. The lowest BCUT2D eigenvalue weighted by Gasteiger charge is -2.28.